The zero-order valence-corrected chi connectivity index (χ0v) is 19.2. The summed E-state index contributed by atoms with van der Waals surface area (Å²) in [6.45, 7) is 2.03. The Hall–Kier alpha value is -3.38. The van der Waals surface area contributed by atoms with E-state index in [0.717, 1.165) is 47.8 Å². The number of carbonyl (C=O) groups excluding carboxylic acids is 1. The third-order valence-electron chi connectivity index (χ3n) is 6.25. The minimum absolute atomic E-state index is 0.0268. The first kappa shape index (κ1) is 21.5. The number of hydrogen-bond donors (Lipinski definition) is 3. The lowest BCUT2D eigenvalue weighted by Gasteiger charge is -2.30. The molecule has 1 fully saturated rings. The minimum Gasteiger partial charge on any atom is -0.358 e. The van der Waals surface area contributed by atoms with Crippen LogP contribution in [0.25, 0.3) is 22.2 Å². The Morgan fingerprint density at radius 3 is 2.67 bits per heavy atom. The molecule has 0 aliphatic heterocycles. The van der Waals surface area contributed by atoms with Crippen LogP contribution in [0, 0.1) is 6.92 Å². The molecule has 0 bridgehead atoms. The second kappa shape index (κ2) is 9.24. The Morgan fingerprint density at radius 1 is 1.06 bits per heavy atom. The first-order valence-electron chi connectivity index (χ1n) is 11.3. The fourth-order valence-electron chi connectivity index (χ4n) is 4.69. The highest BCUT2D eigenvalue weighted by Gasteiger charge is 2.25. The molecule has 1 aliphatic rings. The normalized spacial score (nSPS) is 18.2. The quantitative estimate of drug-likeness (QED) is 0.355. The van der Waals surface area contributed by atoms with E-state index in [1.807, 2.05) is 55.5 Å². The third kappa shape index (κ3) is 4.57. The Kier molecular flexibility index (Phi) is 6.01. The number of carbonyl (C=O) groups is 1. The number of fused-ring (bicyclic) bond motifs is 1. The lowest BCUT2D eigenvalue weighted by Crippen LogP contribution is -2.42. The number of halogens is 1. The number of aromatic amines is 1. The van der Waals surface area contributed by atoms with E-state index in [1.165, 1.54) is 0 Å². The largest absolute Gasteiger partial charge is 0.358 e. The molecule has 0 saturated heterocycles. The van der Waals surface area contributed by atoms with Crippen molar-refractivity contribution in [1.29, 1.82) is 0 Å². The Morgan fingerprint density at radius 2 is 1.82 bits per heavy atom. The minimum atomic E-state index is -0.0268. The molecule has 0 unspecified atom stereocenters. The topological polar surface area (TPSA) is 82.7 Å². The number of nitrogens with one attached hydrogen (secondary N) is 3. The van der Waals surface area contributed by atoms with Crippen LogP contribution in [0.1, 0.15) is 41.7 Å². The van der Waals surface area contributed by atoms with Gasteiger partial charge in [0.1, 0.15) is 0 Å². The predicted molar refractivity (Wildman–Crippen MR) is 133 cm³/mol. The molecule has 33 heavy (non-hydrogen) atoms. The van der Waals surface area contributed by atoms with Gasteiger partial charge >= 0.3 is 0 Å². The average Bonchev–Trinajstić information content (AvgIpc) is 3.16. The van der Waals surface area contributed by atoms with E-state index in [4.69, 9.17) is 16.6 Å². The zero-order chi connectivity index (χ0) is 22.8. The fourth-order valence-corrected chi connectivity index (χ4v) is 4.87. The van der Waals surface area contributed by atoms with Crippen LogP contribution in [0.15, 0.2) is 60.8 Å². The van der Waals surface area contributed by atoms with Crippen molar-refractivity contribution in [3.8, 4) is 11.3 Å². The van der Waals surface area contributed by atoms with Crippen LogP contribution in [0.2, 0.25) is 5.02 Å². The predicted octanol–water partition coefficient (Wildman–Crippen LogP) is 5.74. The molecular weight excluding hydrogens is 434 g/mol. The lowest BCUT2D eigenvalue weighted by atomic mass is 9.91. The van der Waals surface area contributed by atoms with Crippen LogP contribution in [0.3, 0.4) is 0 Å². The lowest BCUT2D eigenvalue weighted by molar-refractivity contribution is 0.0926. The average molecular weight is 460 g/mol. The van der Waals surface area contributed by atoms with Gasteiger partial charge in [-0.2, -0.15) is 0 Å². The monoisotopic (exact) mass is 459 g/mol. The van der Waals surface area contributed by atoms with Crippen molar-refractivity contribution < 1.29 is 4.79 Å². The number of rotatable bonds is 5. The smallest absolute Gasteiger partial charge is 0.251 e. The molecule has 168 valence electrons. The standard InChI is InChI=1S/C26H26ClN5O/c1-16-23(20-12-5-6-13-22(20)29-16)24-21(27)15-28-26(32-24)31-19-11-7-10-18(14-19)30-25(33)17-8-3-2-4-9-17/h2-6,8-9,12-13,15,18-19,29H,7,10-11,14H2,1H3,(H,30,33)(H,28,31,32)/t18-,19+/m0/s1. The number of benzene rings is 2. The molecule has 3 N–H and O–H groups in total. The highest BCUT2D eigenvalue weighted by atomic mass is 35.5. The van der Waals surface area contributed by atoms with E-state index in [0.29, 0.717) is 22.2 Å². The summed E-state index contributed by atoms with van der Waals surface area (Å²) >= 11 is 6.53. The van der Waals surface area contributed by atoms with Crippen LogP contribution in [-0.4, -0.2) is 32.9 Å². The maximum absolute atomic E-state index is 12.6. The van der Waals surface area contributed by atoms with E-state index in [9.17, 15) is 4.79 Å². The highest BCUT2D eigenvalue weighted by Crippen LogP contribution is 2.35. The van der Waals surface area contributed by atoms with E-state index < -0.39 is 0 Å². The molecule has 0 radical (unpaired) electrons. The number of amides is 1. The molecule has 7 heteroatoms. The summed E-state index contributed by atoms with van der Waals surface area (Å²) in [5, 5.41) is 8.26. The van der Waals surface area contributed by atoms with Crippen LogP contribution in [0.5, 0.6) is 0 Å². The first-order chi connectivity index (χ1) is 16.1. The van der Waals surface area contributed by atoms with Gasteiger partial charge in [-0.1, -0.05) is 48.0 Å². The molecule has 5 rings (SSSR count). The molecule has 2 atom stereocenters. The van der Waals surface area contributed by atoms with Crippen LogP contribution >= 0.6 is 11.6 Å². The second-order valence-electron chi connectivity index (χ2n) is 8.61. The van der Waals surface area contributed by atoms with Crippen molar-refractivity contribution in [1.82, 2.24) is 20.3 Å². The van der Waals surface area contributed by atoms with Crippen molar-refractivity contribution >= 4 is 34.4 Å². The summed E-state index contributed by atoms with van der Waals surface area (Å²) in [5.74, 6) is 0.528. The SMILES string of the molecule is Cc1[nH]c2ccccc2c1-c1nc(N[C@@H]2CCC[C@H](NC(=O)c3ccccc3)C2)ncc1Cl. The van der Waals surface area contributed by atoms with Crippen molar-refractivity contribution in [2.45, 2.75) is 44.7 Å². The van der Waals surface area contributed by atoms with Gasteiger partial charge in [0.25, 0.3) is 5.91 Å². The second-order valence-corrected chi connectivity index (χ2v) is 9.01. The van der Waals surface area contributed by atoms with Gasteiger partial charge in [-0.05, 0) is 50.8 Å². The summed E-state index contributed by atoms with van der Waals surface area (Å²) in [4.78, 5) is 25.2. The Bertz CT molecular complexity index is 1290. The molecule has 1 saturated carbocycles. The number of aromatic nitrogens is 3. The maximum Gasteiger partial charge on any atom is 0.251 e. The number of H-pyrrole nitrogens is 1. The van der Waals surface area contributed by atoms with Gasteiger partial charge in [0.2, 0.25) is 5.95 Å². The number of para-hydroxylation sites is 1. The van der Waals surface area contributed by atoms with Gasteiger partial charge in [0, 0.05) is 39.8 Å². The summed E-state index contributed by atoms with van der Waals surface area (Å²) < 4.78 is 0. The number of aryl methyl sites for hydroxylation is 1. The molecule has 1 aliphatic carbocycles. The Balaban J connectivity index is 1.32. The first-order valence-corrected chi connectivity index (χ1v) is 11.7. The molecule has 1 amide bonds. The highest BCUT2D eigenvalue weighted by molar-refractivity contribution is 6.33. The molecule has 0 spiro atoms. The number of hydrogen-bond acceptors (Lipinski definition) is 4. The van der Waals surface area contributed by atoms with Crippen molar-refractivity contribution in [2.75, 3.05) is 5.32 Å². The summed E-state index contributed by atoms with van der Waals surface area (Å²) in [6, 6.07) is 17.8. The third-order valence-corrected chi connectivity index (χ3v) is 6.53. The molecule has 2 aromatic carbocycles. The van der Waals surface area contributed by atoms with E-state index in [2.05, 4.69) is 26.7 Å². The molecular formula is C26H26ClN5O. The van der Waals surface area contributed by atoms with Crippen LogP contribution in [-0.2, 0) is 0 Å². The van der Waals surface area contributed by atoms with Crippen molar-refractivity contribution in [3.63, 3.8) is 0 Å². The van der Waals surface area contributed by atoms with E-state index >= 15 is 0 Å². The van der Waals surface area contributed by atoms with Gasteiger partial charge in [0.05, 0.1) is 16.9 Å². The number of anilines is 1. The van der Waals surface area contributed by atoms with E-state index in [1.54, 1.807) is 6.20 Å². The Labute approximate surface area is 197 Å². The summed E-state index contributed by atoms with van der Waals surface area (Å²) in [7, 11) is 0. The number of nitrogens with zero attached hydrogens (tertiary/aromatic N) is 2. The summed E-state index contributed by atoms with van der Waals surface area (Å²) in [5.41, 5.74) is 4.47. The van der Waals surface area contributed by atoms with Crippen LogP contribution in [0.4, 0.5) is 5.95 Å². The van der Waals surface area contributed by atoms with Gasteiger partial charge in [-0.15, -0.1) is 0 Å². The van der Waals surface area contributed by atoms with E-state index in [-0.39, 0.29) is 18.0 Å². The van der Waals surface area contributed by atoms with Crippen molar-refractivity contribution in [2.24, 2.45) is 0 Å². The maximum atomic E-state index is 12.6. The molecule has 2 aromatic heterocycles. The fraction of sp³-hybridized carbons (Fsp3) is 0.269. The van der Waals surface area contributed by atoms with Gasteiger partial charge in [-0.25, -0.2) is 9.97 Å². The zero-order valence-electron chi connectivity index (χ0n) is 18.4. The van der Waals surface area contributed by atoms with Gasteiger partial charge < -0.3 is 15.6 Å². The van der Waals surface area contributed by atoms with Gasteiger partial charge in [-0.3, -0.25) is 4.79 Å². The summed E-state index contributed by atoms with van der Waals surface area (Å²) in [6.07, 6.45) is 5.49. The van der Waals surface area contributed by atoms with Crippen molar-refractivity contribution in [3.05, 3.63) is 77.1 Å². The van der Waals surface area contributed by atoms with Gasteiger partial charge in [0.15, 0.2) is 0 Å². The molecule has 4 aromatic rings. The molecule has 6 nitrogen and oxygen atoms in total. The molecule has 2 heterocycles. The van der Waals surface area contributed by atoms with Crippen LogP contribution < -0.4 is 10.6 Å².